The van der Waals surface area contributed by atoms with E-state index in [1.165, 1.54) is 31.2 Å². The van der Waals surface area contributed by atoms with E-state index < -0.39 is 29.9 Å². The summed E-state index contributed by atoms with van der Waals surface area (Å²) < 4.78 is 9.20. The van der Waals surface area contributed by atoms with E-state index in [-0.39, 0.29) is 6.61 Å². The highest BCUT2D eigenvalue weighted by atomic mass is 16.5. The smallest absolute Gasteiger partial charge is 0.332 e. The normalized spacial score (nSPS) is 11.0. The lowest BCUT2D eigenvalue weighted by Gasteiger charge is -2.16. The van der Waals surface area contributed by atoms with Crippen molar-refractivity contribution in [1.29, 1.82) is 0 Å². The third-order valence-corrected chi connectivity index (χ3v) is 2.67. The van der Waals surface area contributed by atoms with Crippen molar-refractivity contribution < 1.29 is 28.7 Å². The Morgan fingerprint density at radius 1 is 1.17 bits per heavy atom. The molecule has 0 radical (unpaired) electrons. The topological polar surface area (TPSA) is 137 Å². The van der Waals surface area contributed by atoms with Crippen molar-refractivity contribution in [2.45, 2.75) is 13.0 Å². The van der Waals surface area contributed by atoms with Crippen LogP contribution in [0.25, 0.3) is 0 Å². The van der Waals surface area contributed by atoms with Crippen molar-refractivity contribution in [1.82, 2.24) is 5.32 Å². The molecule has 0 aliphatic heterocycles. The maximum absolute atomic E-state index is 11.8. The second kappa shape index (κ2) is 8.37. The summed E-state index contributed by atoms with van der Waals surface area (Å²) in [5.41, 5.74) is 5.77. The van der Waals surface area contributed by atoms with Gasteiger partial charge in [0.15, 0.2) is 6.04 Å². The summed E-state index contributed by atoms with van der Waals surface area (Å²) in [7, 11) is 1.14. The van der Waals surface area contributed by atoms with Gasteiger partial charge in [-0.25, -0.2) is 9.59 Å². The molecule has 9 nitrogen and oxygen atoms in total. The highest BCUT2D eigenvalue weighted by molar-refractivity contribution is 5.95. The van der Waals surface area contributed by atoms with Crippen molar-refractivity contribution in [3.63, 3.8) is 0 Å². The number of hydrogen-bond acceptors (Lipinski definition) is 6. The largest absolute Gasteiger partial charge is 0.467 e. The van der Waals surface area contributed by atoms with E-state index in [4.69, 9.17) is 5.73 Å². The number of urea groups is 1. The number of ether oxygens (including phenoxy) is 2. The van der Waals surface area contributed by atoms with Gasteiger partial charge in [0, 0.05) is 18.2 Å². The zero-order valence-electron chi connectivity index (χ0n) is 12.6. The number of methoxy groups -OCH3 is 1. The molecule has 23 heavy (non-hydrogen) atoms. The number of hydrogen-bond donors (Lipinski definition) is 3. The predicted octanol–water partition coefficient (Wildman–Crippen LogP) is 0.0117. The maximum atomic E-state index is 11.8. The molecule has 0 fully saturated rings. The van der Waals surface area contributed by atoms with Crippen molar-refractivity contribution in [3.8, 4) is 0 Å². The molecule has 0 aliphatic carbocycles. The number of benzene rings is 1. The summed E-state index contributed by atoms with van der Waals surface area (Å²) in [5.74, 6) is -1.94. The fourth-order valence-electron chi connectivity index (χ4n) is 1.55. The molecule has 0 saturated heterocycles. The molecule has 1 atom stereocenters. The van der Waals surface area contributed by atoms with Gasteiger partial charge in [-0.05, 0) is 24.3 Å². The van der Waals surface area contributed by atoms with Crippen molar-refractivity contribution in [3.05, 3.63) is 29.8 Å². The van der Waals surface area contributed by atoms with Crippen molar-refractivity contribution in [2.24, 2.45) is 5.73 Å². The molecule has 0 heterocycles. The van der Waals surface area contributed by atoms with Crippen LogP contribution in [0.5, 0.6) is 0 Å². The summed E-state index contributed by atoms with van der Waals surface area (Å²) >= 11 is 0. The zero-order chi connectivity index (χ0) is 17.4. The van der Waals surface area contributed by atoms with Gasteiger partial charge in [-0.15, -0.1) is 0 Å². The minimum absolute atomic E-state index is 0.290. The summed E-state index contributed by atoms with van der Waals surface area (Å²) in [5, 5.41) is 4.77. The number of rotatable bonds is 6. The van der Waals surface area contributed by atoms with Gasteiger partial charge in [0.05, 0.1) is 7.11 Å². The minimum atomic E-state index is -1.14. The standard InChI is InChI=1S/C14H17N3O6/c1-8(18)23-7-11(13(20)22-2)17-14(21)16-10-5-3-9(4-6-10)12(15)19/h3-6,11H,7H2,1-2H3,(H2,15,19)(H2,16,17,21). The third-order valence-electron chi connectivity index (χ3n) is 2.67. The summed E-state index contributed by atoms with van der Waals surface area (Å²) in [6.07, 6.45) is 0. The zero-order valence-corrected chi connectivity index (χ0v) is 12.6. The van der Waals surface area contributed by atoms with E-state index in [1.807, 2.05) is 0 Å². The van der Waals surface area contributed by atoms with Gasteiger partial charge < -0.3 is 25.8 Å². The highest BCUT2D eigenvalue weighted by Gasteiger charge is 2.23. The number of carbonyl (C=O) groups excluding carboxylic acids is 4. The molecule has 1 unspecified atom stereocenters. The van der Waals surface area contributed by atoms with Crippen LogP contribution >= 0.6 is 0 Å². The molecular weight excluding hydrogens is 306 g/mol. The Morgan fingerprint density at radius 2 is 1.78 bits per heavy atom. The fourth-order valence-corrected chi connectivity index (χ4v) is 1.55. The monoisotopic (exact) mass is 323 g/mol. The molecule has 3 amide bonds. The Balaban J connectivity index is 2.65. The first-order valence-corrected chi connectivity index (χ1v) is 6.52. The van der Waals surface area contributed by atoms with Crippen LogP contribution in [0, 0.1) is 0 Å². The highest BCUT2D eigenvalue weighted by Crippen LogP contribution is 2.09. The molecule has 0 aromatic heterocycles. The van der Waals surface area contributed by atoms with Crippen LogP contribution < -0.4 is 16.4 Å². The predicted molar refractivity (Wildman–Crippen MR) is 79.6 cm³/mol. The Labute approximate surface area is 132 Å². The first-order chi connectivity index (χ1) is 10.8. The van der Waals surface area contributed by atoms with E-state index in [0.29, 0.717) is 11.3 Å². The van der Waals surface area contributed by atoms with Crippen molar-refractivity contribution >= 4 is 29.6 Å². The fraction of sp³-hybridized carbons (Fsp3) is 0.286. The van der Waals surface area contributed by atoms with E-state index in [1.54, 1.807) is 0 Å². The average molecular weight is 323 g/mol. The van der Waals surface area contributed by atoms with Gasteiger partial charge >= 0.3 is 18.0 Å². The average Bonchev–Trinajstić information content (AvgIpc) is 2.50. The third kappa shape index (κ3) is 6.04. The van der Waals surface area contributed by atoms with Crippen LogP contribution in [-0.2, 0) is 19.1 Å². The van der Waals surface area contributed by atoms with Gasteiger partial charge in [-0.3, -0.25) is 9.59 Å². The molecule has 1 rings (SSSR count). The van der Waals surface area contributed by atoms with Gasteiger partial charge in [-0.2, -0.15) is 0 Å². The van der Waals surface area contributed by atoms with Crippen LogP contribution in [0.3, 0.4) is 0 Å². The first kappa shape index (κ1) is 18.0. The molecule has 4 N–H and O–H groups in total. The van der Waals surface area contributed by atoms with E-state index in [9.17, 15) is 19.2 Å². The Morgan fingerprint density at radius 3 is 2.26 bits per heavy atom. The number of anilines is 1. The lowest BCUT2D eigenvalue weighted by Crippen LogP contribution is -2.46. The number of esters is 2. The van der Waals surface area contributed by atoms with Gasteiger partial charge in [0.2, 0.25) is 5.91 Å². The Kier molecular flexibility index (Phi) is 6.53. The molecule has 0 bridgehead atoms. The Hall–Kier alpha value is -3.10. The van der Waals surface area contributed by atoms with E-state index in [2.05, 4.69) is 20.1 Å². The second-order valence-electron chi connectivity index (χ2n) is 4.42. The molecule has 0 spiro atoms. The summed E-state index contributed by atoms with van der Waals surface area (Å²) in [4.78, 5) is 45.1. The minimum Gasteiger partial charge on any atom is -0.467 e. The van der Waals surface area contributed by atoms with Crippen LogP contribution in [-0.4, -0.2) is 43.6 Å². The number of nitrogens with one attached hydrogen (secondary N) is 2. The number of primary amides is 1. The SMILES string of the molecule is COC(=O)C(COC(C)=O)NC(=O)Nc1ccc(C(N)=O)cc1. The quantitative estimate of drug-likeness (QED) is 0.631. The molecule has 0 saturated carbocycles. The lowest BCUT2D eigenvalue weighted by atomic mass is 10.2. The molecular formula is C14H17N3O6. The molecule has 0 aliphatic rings. The van der Waals surface area contributed by atoms with Gasteiger partial charge in [-0.1, -0.05) is 0 Å². The van der Waals surface area contributed by atoms with E-state index >= 15 is 0 Å². The van der Waals surface area contributed by atoms with Gasteiger partial charge in [0.25, 0.3) is 0 Å². The second-order valence-corrected chi connectivity index (χ2v) is 4.42. The first-order valence-electron chi connectivity index (χ1n) is 6.52. The van der Waals surface area contributed by atoms with E-state index in [0.717, 1.165) is 7.11 Å². The molecule has 9 heteroatoms. The van der Waals surface area contributed by atoms with Crippen LogP contribution in [0.1, 0.15) is 17.3 Å². The number of nitrogens with two attached hydrogens (primary N) is 1. The number of carbonyl (C=O) groups is 4. The lowest BCUT2D eigenvalue weighted by molar-refractivity contribution is -0.148. The molecule has 1 aromatic rings. The van der Waals surface area contributed by atoms with Crippen LogP contribution in [0.15, 0.2) is 24.3 Å². The summed E-state index contributed by atoms with van der Waals surface area (Å²) in [6, 6.07) is 3.97. The number of amides is 3. The molecule has 124 valence electrons. The molecule has 1 aromatic carbocycles. The summed E-state index contributed by atoms with van der Waals surface area (Å²) in [6.45, 7) is 0.824. The van der Waals surface area contributed by atoms with Crippen molar-refractivity contribution in [2.75, 3.05) is 19.0 Å². The van der Waals surface area contributed by atoms with Gasteiger partial charge in [0.1, 0.15) is 6.61 Å². The Bertz CT molecular complexity index is 599. The van der Waals surface area contributed by atoms with Crippen LogP contribution in [0.2, 0.25) is 0 Å². The maximum Gasteiger partial charge on any atom is 0.332 e. The van der Waals surface area contributed by atoms with Crippen LogP contribution in [0.4, 0.5) is 10.5 Å².